The number of carbonyl (C=O) groups is 1. The molecule has 2 rings (SSSR count). The maximum atomic E-state index is 11.9. The second kappa shape index (κ2) is 7.20. The van der Waals surface area contributed by atoms with E-state index in [-0.39, 0.29) is 5.91 Å². The van der Waals surface area contributed by atoms with E-state index in [1.165, 1.54) is 5.56 Å². The van der Waals surface area contributed by atoms with Crippen LogP contribution in [0.1, 0.15) is 35.3 Å². The number of rotatable bonds is 5. The van der Waals surface area contributed by atoms with Gasteiger partial charge < -0.3 is 5.32 Å². The van der Waals surface area contributed by atoms with E-state index in [0.29, 0.717) is 18.2 Å². The van der Waals surface area contributed by atoms with Gasteiger partial charge in [0.05, 0.1) is 0 Å². The highest BCUT2D eigenvalue weighted by Gasteiger charge is 2.08. The first-order valence-corrected chi connectivity index (χ1v) is 7.41. The SMILES string of the molecule is CC(CCNC(=O)c1ccc(Br)cn1)c1ccccc1. The topological polar surface area (TPSA) is 42.0 Å². The lowest BCUT2D eigenvalue weighted by molar-refractivity contribution is 0.0947. The third-order valence-electron chi connectivity index (χ3n) is 3.19. The van der Waals surface area contributed by atoms with Gasteiger partial charge >= 0.3 is 0 Å². The Morgan fingerprint density at radius 2 is 2.00 bits per heavy atom. The van der Waals surface area contributed by atoms with Crippen molar-refractivity contribution >= 4 is 21.8 Å². The molecule has 1 amide bonds. The molecule has 1 N–H and O–H groups in total. The molecule has 0 aliphatic heterocycles. The number of amides is 1. The lowest BCUT2D eigenvalue weighted by Crippen LogP contribution is -2.26. The first kappa shape index (κ1) is 14.7. The molecule has 4 heteroatoms. The van der Waals surface area contributed by atoms with Gasteiger partial charge in [0.2, 0.25) is 0 Å². The highest BCUT2D eigenvalue weighted by molar-refractivity contribution is 9.10. The molecule has 0 aliphatic rings. The zero-order valence-corrected chi connectivity index (χ0v) is 12.9. The van der Waals surface area contributed by atoms with Gasteiger partial charge in [-0.05, 0) is 46.0 Å². The summed E-state index contributed by atoms with van der Waals surface area (Å²) in [6.07, 6.45) is 2.54. The number of aromatic nitrogens is 1. The number of benzene rings is 1. The van der Waals surface area contributed by atoms with Gasteiger partial charge in [0, 0.05) is 17.2 Å². The fourth-order valence-electron chi connectivity index (χ4n) is 1.95. The van der Waals surface area contributed by atoms with Crippen molar-refractivity contribution in [3.63, 3.8) is 0 Å². The largest absolute Gasteiger partial charge is 0.351 e. The van der Waals surface area contributed by atoms with Crippen molar-refractivity contribution in [1.29, 1.82) is 0 Å². The van der Waals surface area contributed by atoms with Crippen LogP contribution in [0.5, 0.6) is 0 Å². The summed E-state index contributed by atoms with van der Waals surface area (Å²) in [4.78, 5) is 16.0. The number of nitrogens with zero attached hydrogens (tertiary/aromatic N) is 1. The van der Waals surface area contributed by atoms with E-state index in [4.69, 9.17) is 0 Å². The van der Waals surface area contributed by atoms with Crippen molar-refractivity contribution in [3.8, 4) is 0 Å². The molecule has 0 bridgehead atoms. The predicted octanol–water partition coefficient (Wildman–Crippen LogP) is 3.77. The third kappa shape index (κ3) is 4.17. The standard InChI is InChI=1S/C16H17BrN2O/c1-12(13-5-3-2-4-6-13)9-10-18-16(20)15-8-7-14(17)11-19-15/h2-8,11-12H,9-10H2,1H3,(H,18,20). The van der Waals surface area contributed by atoms with Crippen LogP contribution in [0.25, 0.3) is 0 Å². The van der Waals surface area contributed by atoms with Gasteiger partial charge in [-0.15, -0.1) is 0 Å². The second-order valence-electron chi connectivity index (χ2n) is 4.72. The molecule has 104 valence electrons. The van der Waals surface area contributed by atoms with E-state index in [9.17, 15) is 4.79 Å². The molecule has 0 spiro atoms. The molecule has 1 heterocycles. The van der Waals surface area contributed by atoms with Crippen molar-refractivity contribution in [2.45, 2.75) is 19.3 Å². The second-order valence-corrected chi connectivity index (χ2v) is 5.63. The Balaban J connectivity index is 1.81. The summed E-state index contributed by atoms with van der Waals surface area (Å²) in [6.45, 7) is 2.81. The quantitative estimate of drug-likeness (QED) is 0.905. The summed E-state index contributed by atoms with van der Waals surface area (Å²) in [5, 5.41) is 2.90. The van der Waals surface area contributed by atoms with E-state index in [0.717, 1.165) is 10.9 Å². The fraction of sp³-hybridized carbons (Fsp3) is 0.250. The van der Waals surface area contributed by atoms with Crippen LogP contribution >= 0.6 is 15.9 Å². The minimum absolute atomic E-state index is 0.127. The molecule has 2 aromatic rings. The van der Waals surface area contributed by atoms with Gasteiger partial charge in [-0.3, -0.25) is 4.79 Å². The molecule has 0 aliphatic carbocycles. The molecule has 3 nitrogen and oxygen atoms in total. The minimum Gasteiger partial charge on any atom is -0.351 e. The van der Waals surface area contributed by atoms with Crippen molar-refractivity contribution in [2.75, 3.05) is 6.54 Å². The van der Waals surface area contributed by atoms with Crippen LogP contribution in [0.4, 0.5) is 0 Å². The number of halogens is 1. The predicted molar refractivity (Wildman–Crippen MR) is 83.7 cm³/mol. The van der Waals surface area contributed by atoms with E-state index in [1.54, 1.807) is 12.3 Å². The summed E-state index contributed by atoms with van der Waals surface area (Å²) >= 11 is 3.30. The molecule has 0 radical (unpaired) electrons. The highest BCUT2D eigenvalue weighted by atomic mass is 79.9. The number of carbonyl (C=O) groups excluding carboxylic acids is 1. The zero-order chi connectivity index (χ0) is 14.4. The molecule has 1 unspecified atom stereocenters. The molecule has 20 heavy (non-hydrogen) atoms. The summed E-state index contributed by atoms with van der Waals surface area (Å²) in [6, 6.07) is 13.8. The van der Waals surface area contributed by atoms with Crippen molar-refractivity contribution in [2.24, 2.45) is 0 Å². The van der Waals surface area contributed by atoms with Crippen LogP contribution in [0.2, 0.25) is 0 Å². The van der Waals surface area contributed by atoms with E-state index in [1.807, 2.05) is 24.3 Å². The smallest absolute Gasteiger partial charge is 0.269 e. The van der Waals surface area contributed by atoms with Gasteiger partial charge in [0.1, 0.15) is 5.69 Å². The summed E-state index contributed by atoms with van der Waals surface area (Å²) in [7, 11) is 0. The lowest BCUT2D eigenvalue weighted by atomic mass is 9.98. The van der Waals surface area contributed by atoms with Crippen molar-refractivity contribution in [3.05, 3.63) is 64.4 Å². The Bertz CT molecular complexity index is 554. The van der Waals surface area contributed by atoms with Crippen molar-refractivity contribution < 1.29 is 4.79 Å². The summed E-state index contributed by atoms with van der Waals surface area (Å²) in [5.74, 6) is 0.298. The Kier molecular flexibility index (Phi) is 5.30. The van der Waals surface area contributed by atoms with Crippen LogP contribution in [0.3, 0.4) is 0 Å². The Hall–Kier alpha value is -1.68. The number of hydrogen-bond acceptors (Lipinski definition) is 2. The average molecular weight is 333 g/mol. The van der Waals surface area contributed by atoms with Crippen LogP contribution in [0.15, 0.2) is 53.1 Å². The number of pyridine rings is 1. The van der Waals surface area contributed by atoms with Gasteiger partial charge in [-0.1, -0.05) is 37.3 Å². The van der Waals surface area contributed by atoms with Crippen LogP contribution in [-0.2, 0) is 0 Å². The molecule has 0 fully saturated rings. The molecular formula is C16H17BrN2O. The maximum Gasteiger partial charge on any atom is 0.269 e. The summed E-state index contributed by atoms with van der Waals surface area (Å²) < 4.78 is 0.867. The van der Waals surface area contributed by atoms with Gasteiger partial charge in [-0.2, -0.15) is 0 Å². The molecule has 0 saturated carbocycles. The number of hydrogen-bond donors (Lipinski definition) is 1. The van der Waals surface area contributed by atoms with Crippen molar-refractivity contribution in [1.82, 2.24) is 10.3 Å². The number of nitrogens with one attached hydrogen (secondary N) is 1. The zero-order valence-electron chi connectivity index (χ0n) is 11.3. The van der Waals surface area contributed by atoms with Gasteiger partial charge in [0.25, 0.3) is 5.91 Å². The first-order chi connectivity index (χ1) is 9.66. The molecule has 1 aromatic heterocycles. The molecule has 0 saturated heterocycles. The molecule has 1 aromatic carbocycles. The Labute approximate surface area is 127 Å². The molecular weight excluding hydrogens is 316 g/mol. The lowest BCUT2D eigenvalue weighted by Gasteiger charge is -2.12. The van der Waals surface area contributed by atoms with E-state index < -0.39 is 0 Å². The van der Waals surface area contributed by atoms with E-state index in [2.05, 4.69) is 45.3 Å². The van der Waals surface area contributed by atoms with E-state index >= 15 is 0 Å². The van der Waals surface area contributed by atoms with Crippen LogP contribution in [0, 0.1) is 0 Å². The van der Waals surface area contributed by atoms with Crippen LogP contribution in [-0.4, -0.2) is 17.4 Å². The molecule has 1 atom stereocenters. The van der Waals surface area contributed by atoms with Crippen LogP contribution < -0.4 is 5.32 Å². The van der Waals surface area contributed by atoms with Gasteiger partial charge in [-0.25, -0.2) is 4.98 Å². The summed E-state index contributed by atoms with van der Waals surface area (Å²) in [5.41, 5.74) is 1.74. The normalized spacial score (nSPS) is 11.9. The first-order valence-electron chi connectivity index (χ1n) is 6.61. The maximum absolute atomic E-state index is 11.9. The Morgan fingerprint density at radius 3 is 2.65 bits per heavy atom. The monoisotopic (exact) mass is 332 g/mol. The fourth-order valence-corrected chi connectivity index (χ4v) is 2.19. The Morgan fingerprint density at radius 1 is 1.25 bits per heavy atom. The van der Waals surface area contributed by atoms with Gasteiger partial charge in [0.15, 0.2) is 0 Å². The minimum atomic E-state index is -0.127. The average Bonchev–Trinajstić information content (AvgIpc) is 2.48. The highest BCUT2D eigenvalue weighted by Crippen LogP contribution is 2.17. The third-order valence-corrected chi connectivity index (χ3v) is 3.66.